The van der Waals surface area contributed by atoms with E-state index >= 15 is 0 Å². The Morgan fingerprint density at radius 3 is 2.70 bits per heavy atom. The van der Waals surface area contributed by atoms with Crippen molar-refractivity contribution in [2.24, 2.45) is 0 Å². The van der Waals surface area contributed by atoms with Crippen molar-refractivity contribution in [2.75, 3.05) is 18.8 Å². The molecule has 0 spiro atoms. The smallest absolute Gasteiger partial charge is 0.407 e. The number of carbonyl (C=O) groups is 3. The van der Waals surface area contributed by atoms with E-state index in [9.17, 15) is 19.5 Å². The average molecular weight is 501 g/mol. The Balaban J connectivity index is 1.31. The molecular weight excluding hydrogens is 472 g/mol. The van der Waals surface area contributed by atoms with E-state index in [0.717, 1.165) is 18.4 Å². The maximum absolute atomic E-state index is 13.0. The number of likely N-dealkylation sites (tertiary alicyclic amines) is 1. The molecule has 3 amide bonds. The summed E-state index contributed by atoms with van der Waals surface area (Å²) in [5.74, 6) is -0.732. The molecule has 2 aromatic carbocycles. The lowest BCUT2D eigenvalue weighted by Gasteiger charge is -2.31. The molecule has 0 bridgehead atoms. The average Bonchev–Trinajstić information content (AvgIpc) is 3.31. The predicted octanol–water partition coefficient (Wildman–Crippen LogP) is 3.02. The van der Waals surface area contributed by atoms with Gasteiger partial charge in [-0.05, 0) is 48.9 Å². The van der Waals surface area contributed by atoms with E-state index in [0.29, 0.717) is 36.2 Å². The molecule has 1 aliphatic heterocycles. The van der Waals surface area contributed by atoms with Crippen LogP contribution in [0.4, 0.5) is 10.6 Å². The van der Waals surface area contributed by atoms with E-state index in [1.807, 2.05) is 18.2 Å². The van der Waals surface area contributed by atoms with E-state index in [2.05, 4.69) is 26.7 Å². The van der Waals surface area contributed by atoms with Crippen LogP contribution >= 0.6 is 0 Å². The molecular formula is C27H28N6O4. The van der Waals surface area contributed by atoms with Gasteiger partial charge in [0.05, 0.1) is 17.9 Å². The molecule has 1 aromatic heterocycles. The van der Waals surface area contributed by atoms with Crippen LogP contribution in [-0.2, 0) is 6.42 Å². The van der Waals surface area contributed by atoms with Crippen LogP contribution in [0.2, 0.25) is 0 Å². The molecule has 0 saturated carbocycles. The fourth-order valence-corrected chi connectivity index (χ4v) is 5.00. The summed E-state index contributed by atoms with van der Waals surface area (Å²) in [5, 5.41) is 15.2. The molecule has 5 rings (SSSR count). The molecule has 1 saturated heterocycles. The van der Waals surface area contributed by atoms with Crippen LogP contribution in [0.15, 0.2) is 54.7 Å². The monoisotopic (exact) mass is 500 g/mol. The third-order valence-corrected chi connectivity index (χ3v) is 6.90. The number of anilines is 1. The zero-order valence-electron chi connectivity index (χ0n) is 20.2. The number of rotatable bonds is 5. The molecule has 2 heterocycles. The second kappa shape index (κ2) is 10.3. The first-order valence-electron chi connectivity index (χ1n) is 12.3. The summed E-state index contributed by atoms with van der Waals surface area (Å²) in [6, 6.07) is 14.7. The normalized spacial score (nSPS) is 18.6. The molecule has 0 unspecified atom stereocenters. The zero-order chi connectivity index (χ0) is 25.9. The first-order chi connectivity index (χ1) is 17.9. The number of aryl methyl sites for hydroxylation is 1. The van der Waals surface area contributed by atoms with Gasteiger partial charge in [0.1, 0.15) is 0 Å². The lowest BCUT2D eigenvalue weighted by molar-refractivity contribution is 0.0884. The zero-order valence-corrected chi connectivity index (χ0v) is 20.2. The fourth-order valence-electron chi connectivity index (χ4n) is 5.00. The van der Waals surface area contributed by atoms with Crippen LogP contribution in [0.25, 0.3) is 11.3 Å². The second-order valence-corrected chi connectivity index (χ2v) is 9.37. The minimum atomic E-state index is -1.01. The number of nitrogens with zero attached hydrogens (tertiary/aromatic N) is 3. The van der Waals surface area contributed by atoms with Gasteiger partial charge in [-0.25, -0.2) is 14.8 Å². The highest BCUT2D eigenvalue weighted by Crippen LogP contribution is 2.31. The standard InChI is InChI=1S/C27H28N6O4/c28-24-23(26(35)30-19-8-4-12-33(15-19)27(36)37)31-22(14-29-24)17-6-3-7-18(13-17)25(34)32-21-11-10-16-5-1-2-9-20(16)21/h1-3,5-7,9,13-14,19,21H,4,8,10-12,15H2,(H2,28,29)(H,30,35)(H,32,34)(H,36,37)/t19-,21-/m0/s1. The molecule has 10 heteroatoms. The number of nitrogen functional groups attached to an aromatic ring is 1. The van der Waals surface area contributed by atoms with Gasteiger partial charge in [-0.1, -0.05) is 36.4 Å². The number of nitrogens with two attached hydrogens (primary N) is 1. The highest BCUT2D eigenvalue weighted by molar-refractivity contribution is 5.98. The number of fused-ring (bicyclic) bond motifs is 1. The van der Waals surface area contributed by atoms with E-state index in [-0.39, 0.29) is 36.0 Å². The van der Waals surface area contributed by atoms with Crippen molar-refractivity contribution in [3.63, 3.8) is 0 Å². The van der Waals surface area contributed by atoms with Crippen molar-refractivity contribution in [3.8, 4) is 11.3 Å². The Morgan fingerprint density at radius 2 is 1.86 bits per heavy atom. The van der Waals surface area contributed by atoms with Gasteiger partial charge in [0.25, 0.3) is 11.8 Å². The second-order valence-electron chi connectivity index (χ2n) is 9.37. The van der Waals surface area contributed by atoms with E-state index in [4.69, 9.17) is 5.73 Å². The van der Waals surface area contributed by atoms with Crippen molar-refractivity contribution < 1.29 is 19.5 Å². The Morgan fingerprint density at radius 1 is 1.03 bits per heavy atom. The van der Waals surface area contributed by atoms with Gasteiger partial charge in [-0.15, -0.1) is 0 Å². The largest absolute Gasteiger partial charge is 0.465 e. The Kier molecular flexibility index (Phi) is 6.72. The van der Waals surface area contributed by atoms with E-state index < -0.39 is 12.0 Å². The minimum Gasteiger partial charge on any atom is -0.465 e. The SMILES string of the molecule is Nc1ncc(-c2cccc(C(=O)N[C@H]3CCc4ccccc43)c2)nc1C(=O)N[C@H]1CCCN(C(=O)O)C1. The number of carboxylic acid groups (broad SMARTS) is 1. The molecule has 0 radical (unpaired) electrons. The van der Waals surface area contributed by atoms with Crippen molar-refractivity contribution in [2.45, 2.75) is 37.8 Å². The molecule has 190 valence electrons. The summed E-state index contributed by atoms with van der Waals surface area (Å²) in [7, 11) is 0. The lowest BCUT2D eigenvalue weighted by Crippen LogP contribution is -2.49. The predicted molar refractivity (Wildman–Crippen MR) is 137 cm³/mol. The van der Waals surface area contributed by atoms with Gasteiger partial charge in [0.15, 0.2) is 11.5 Å². The van der Waals surface area contributed by atoms with Crippen LogP contribution in [-0.4, -0.2) is 57.0 Å². The highest BCUT2D eigenvalue weighted by Gasteiger charge is 2.27. The van der Waals surface area contributed by atoms with Gasteiger partial charge < -0.3 is 26.4 Å². The summed E-state index contributed by atoms with van der Waals surface area (Å²) in [6.45, 7) is 0.646. The lowest BCUT2D eigenvalue weighted by atomic mass is 10.1. The Labute approximate surface area is 213 Å². The number of piperidine rings is 1. The van der Waals surface area contributed by atoms with Crippen LogP contribution in [0, 0.1) is 0 Å². The summed E-state index contributed by atoms with van der Waals surface area (Å²) in [4.78, 5) is 47.1. The minimum absolute atomic E-state index is 0.0269. The summed E-state index contributed by atoms with van der Waals surface area (Å²) in [5.41, 5.74) is 9.82. The van der Waals surface area contributed by atoms with Crippen LogP contribution in [0.5, 0.6) is 0 Å². The summed E-state index contributed by atoms with van der Waals surface area (Å²) in [6.07, 6.45) is 3.55. The van der Waals surface area contributed by atoms with Crippen molar-refractivity contribution in [1.29, 1.82) is 0 Å². The quantitative estimate of drug-likeness (QED) is 0.420. The van der Waals surface area contributed by atoms with E-state index in [1.165, 1.54) is 16.7 Å². The van der Waals surface area contributed by atoms with Gasteiger partial charge in [-0.2, -0.15) is 0 Å². The fraction of sp³-hybridized carbons (Fsp3) is 0.296. The molecule has 10 nitrogen and oxygen atoms in total. The van der Waals surface area contributed by atoms with Crippen LogP contribution < -0.4 is 16.4 Å². The number of amides is 3. The number of hydrogen-bond acceptors (Lipinski definition) is 6. The van der Waals surface area contributed by atoms with Crippen molar-refractivity contribution in [3.05, 3.63) is 77.1 Å². The Bertz CT molecular complexity index is 1360. The van der Waals surface area contributed by atoms with Crippen LogP contribution in [0.1, 0.15) is 57.3 Å². The third kappa shape index (κ3) is 5.23. The van der Waals surface area contributed by atoms with E-state index in [1.54, 1.807) is 24.3 Å². The first kappa shape index (κ1) is 24.2. The van der Waals surface area contributed by atoms with Gasteiger partial charge in [-0.3, -0.25) is 9.59 Å². The van der Waals surface area contributed by atoms with Gasteiger partial charge >= 0.3 is 6.09 Å². The molecule has 2 aliphatic rings. The number of benzene rings is 2. The molecule has 1 aliphatic carbocycles. The number of aromatic nitrogens is 2. The maximum Gasteiger partial charge on any atom is 0.407 e. The maximum atomic E-state index is 13.0. The number of carbonyl (C=O) groups excluding carboxylic acids is 2. The molecule has 2 atom stereocenters. The number of nitrogens with one attached hydrogen (secondary N) is 2. The first-order valence-corrected chi connectivity index (χ1v) is 12.3. The molecule has 1 fully saturated rings. The Hall–Kier alpha value is -4.47. The molecule has 37 heavy (non-hydrogen) atoms. The van der Waals surface area contributed by atoms with Crippen molar-refractivity contribution in [1.82, 2.24) is 25.5 Å². The number of hydrogen-bond donors (Lipinski definition) is 4. The van der Waals surface area contributed by atoms with Gasteiger partial charge in [0.2, 0.25) is 0 Å². The third-order valence-electron chi connectivity index (χ3n) is 6.90. The summed E-state index contributed by atoms with van der Waals surface area (Å²) >= 11 is 0. The molecule has 5 N–H and O–H groups in total. The summed E-state index contributed by atoms with van der Waals surface area (Å²) < 4.78 is 0. The van der Waals surface area contributed by atoms with Crippen LogP contribution in [0.3, 0.4) is 0 Å². The van der Waals surface area contributed by atoms with Gasteiger partial charge in [0, 0.05) is 30.3 Å². The topological polar surface area (TPSA) is 151 Å². The molecule has 3 aromatic rings. The van der Waals surface area contributed by atoms with Crippen molar-refractivity contribution >= 4 is 23.7 Å². The highest BCUT2D eigenvalue weighted by atomic mass is 16.4.